The van der Waals surface area contributed by atoms with E-state index >= 15 is 0 Å². The van der Waals surface area contributed by atoms with Gasteiger partial charge < -0.3 is 18.3 Å². The molecule has 0 spiro atoms. The summed E-state index contributed by atoms with van der Waals surface area (Å²) >= 11 is 0. The minimum atomic E-state index is 0.791. The Bertz CT molecular complexity index is 2790. The van der Waals surface area contributed by atoms with Crippen LogP contribution in [0.15, 0.2) is 101 Å². The van der Waals surface area contributed by atoms with Crippen LogP contribution in [0.3, 0.4) is 0 Å². The van der Waals surface area contributed by atoms with Crippen molar-refractivity contribution in [2.45, 2.75) is 27.7 Å². The van der Waals surface area contributed by atoms with Crippen LogP contribution in [0.2, 0.25) is 0 Å². The molecule has 9 aromatic rings. The van der Waals surface area contributed by atoms with Gasteiger partial charge in [-0.2, -0.15) is 0 Å². The lowest BCUT2D eigenvalue weighted by Crippen LogP contribution is -1.97. The maximum atomic E-state index is 6.93. The second-order valence-corrected chi connectivity index (χ2v) is 12.8. The third kappa shape index (κ3) is 3.50. The first-order valence-corrected chi connectivity index (χ1v) is 15.9. The zero-order valence-electron chi connectivity index (χ0n) is 26.9. The summed E-state index contributed by atoms with van der Waals surface area (Å²) in [6, 6.07) is 34.5. The summed E-state index contributed by atoms with van der Waals surface area (Å²) in [4.78, 5) is 0. The highest BCUT2D eigenvalue weighted by atomic mass is 16.5. The molecule has 0 atom stereocenters. The monoisotopic (exact) mass is 598 g/mol. The molecule has 0 N–H and O–H groups in total. The Morgan fingerprint density at radius 2 is 1.13 bits per heavy atom. The summed E-state index contributed by atoms with van der Waals surface area (Å²) in [7, 11) is 4.42. The summed E-state index contributed by atoms with van der Waals surface area (Å²) in [5, 5.41) is 9.72. The van der Waals surface area contributed by atoms with E-state index < -0.39 is 0 Å². The largest absolute Gasteiger partial charge is 0.457 e. The molecule has 0 radical (unpaired) electrons. The van der Waals surface area contributed by atoms with E-state index in [9.17, 15) is 0 Å². The van der Waals surface area contributed by atoms with Crippen LogP contribution in [0.5, 0.6) is 11.5 Å². The molecule has 0 unspecified atom stereocenters. The molecule has 0 saturated carbocycles. The topological polar surface area (TPSA) is 32.2 Å². The van der Waals surface area contributed by atoms with Crippen molar-refractivity contribution in [3.05, 3.63) is 119 Å². The fraction of sp³-hybridized carbons (Fsp3) is 0.143. The first-order chi connectivity index (χ1) is 22.3. The van der Waals surface area contributed by atoms with Crippen LogP contribution in [0.4, 0.5) is 0 Å². The van der Waals surface area contributed by atoms with E-state index in [2.05, 4.69) is 130 Å². The van der Waals surface area contributed by atoms with Crippen LogP contribution in [0.25, 0.3) is 76.3 Å². The Morgan fingerprint density at radius 1 is 0.478 bits per heavy atom. The van der Waals surface area contributed by atoms with Crippen molar-refractivity contribution in [3.8, 4) is 11.5 Å². The van der Waals surface area contributed by atoms with Crippen LogP contribution in [-0.2, 0) is 14.1 Å². The van der Waals surface area contributed by atoms with Crippen molar-refractivity contribution in [1.82, 2.24) is 9.13 Å². The predicted octanol–water partition coefficient (Wildman–Crippen LogP) is 11.6. The summed E-state index contributed by atoms with van der Waals surface area (Å²) in [6.07, 6.45) is 0. The zero-order chi connectivity index (χ0) is 31.4. The number of nitrogens with zero attached hydrogens (tertiary/aromatic N) is 2. The van der Waals surface area contributed by atoms with E-state index in [1.54, 1.807) is 0 Å². The Labute approximate surface area is 266 Å². The molecule has 0 saturated heterocycles. The number of hydrogen-bond acceptors (Lipinski definition) is 2. The third-order valence-electron chi connectivity index (χ3n) is 10.3. The van der Waals surface area contributed by atoms with E-state index in [-0.39, 0.29) is 0 Å². The van der Waals surface area contributed by atoms with Crippen LogP contribution in [-0.4, -0.2) is 9.13 Å². The van der Waals surface area contributed by atoms with Crippen molar-refractivity contribution < 1.29 is 9.15 Å². The number of rotatable bonds is 2. The summed E-state index contributed by atoms with van der Waals surface area (Å²) in [5.74, 6) is 1.63. The average molecular weight is 599 g/mol. The fourth-order valence-electron chi connectivity index (χ4n) is 7.95. The van der Waals surface area contributed by atoms with Gasteiger partial charge in [-0.3, -0.25) is 0 Å². The van der Waals surface area contributed by atoms with E-state index in [1.807, 2.05) is 18.2 Å². The van der Waals surface area contributed by atoms with Crippen molar-refractivity contribution >= 4 is 76.3 Å². The number of para-hydroxylation sites is 3. The van der Waals surface area contributed by atoms with E-state index in [0.29, 0.717) is 0 Å². The maximum Gasteiger partial charge on any atom is 0.134 e. The van der Waals surface area contributed by atoms with Crippen molar-refractivity contribution in [3.63, 3.8) is 0 Å². The molecule has 0 aliphatic heterocycles. The molecule has 9 rings (SSSR count). The molecule has 46 heavy (non-hydrogen) atoms. The maximum absolute atomic E-state index is 6.93. The van der Waals surface area contributed by atoms with Gasteiger partial charge in [-0.25, -0.2) is 0 Å². The smallest absolute Gasteiger partial charge is 0.134 e. The quantitative estimate of drug-likeness (QED) is 0.198. The third-order valence-corrected chi connectivity index (χ3v) is 10.3. The van der Waals surface area contributed by atoms with Gasteiger partial charge in [-0.05, 0) is 73.9 Å². The normalized spacial score (nSPS) is 12.1. The standard InChI is InChI=1S/C42H34N2O2/c1-23-13-7-10-19-34(23)45-36-22-37-26(4)38(25(36)3)39-41-31(28-14-8-9-18-33(28)43(41)5)21-32-30-17-11-16-29(40(30)44(6)42(32)39)27-15-12-20-35(46-37)24(27)2/h7-22H,1-6H3. The van der Waals surface area contributed by atoms with E-state index in [4.69, 9.17) is 9.15 Å². The predicted molar refractivity (Wildman–Crippen MR) is 193 cm³/mol. The average Bonchev–Trinajstić information content (AvgIpc) is 3.51. The van der Waals surface area contributed by atoms with Gasteiger partial charge in [0.2, 0.25) is 0 Å². The van der Waals surface area contributed by atoms with Gasteiger partial charge >= 0.3 is 0 Å². The van der Waals surface area contributed by atoms with Crippen molar-refractivity contribution in [2.24, 2.45) is 14.1 Å². The van der Waals surface area contributed by atoms with Gasteiger partial charge in [-0.1, -0.05) is 66.7 Å². The molecule has 0 fully saturated rings. The first-order valence-electron chi connectivity index (χ1n) is 15.9. The Hall–Kier alpha value is -5.48. The summed E-state index contributed by atoms with van der Waals surface area (Å²) in [6.45, 7) is 8.64. The van der Waals surface area contributed by atoms with Gasteiger partial charge in [-0.15, -0.1) is 0 Å². The van der Waals surface area contributed by atoms with Crippen molar-refractivity contribution in [1.29, 1.82) is 0 Å². The molecular formula is C42H34N2O2. The van der Waals surface area contributed by atoms with Gasteiger partial charge in [0.15, 0.2) is 0 Å². The van der Waals surface area contributed by atoms with Crippen molar-refractivity contribution in [2.75, 3.05) is 0 Å². The van der Waals surface area contributed by atoms with E-state index in [1.165, 1.54) is 59.8 Å². The van der Waals surface area contributed by atoms with Gasteiger partial charge in [0, 0.05) is 69.1 Å². The highest BCUT2D eigenvalue weighted by molar-refractivity contribution is 6.32. The summed E-state index contributed by atoms with van der Waals surface area (Å²) < 4.78 is 18.5. The van der Waals surface area contributed by atoms with Gasteiger partial charge in [0.05, 0.1) is 16.6 Å². The summed E-state index contributed by atoms with van der Waals surface area (Å²) in [5.41, 5.74) is 10.9. The SMILES string of the molecule is Cc1ccccc1Oc1cc2oc3cccc(c3C)c3cccc4c5cc6c7ccccc7n(C)c6c(c(c1C)c2C)c5n(C)c34. The number of benzene rings is 6. The highest BCUT2D eigenvalue weighted by Crippen LogP contribution is 2.46. The molecule has 6 aromatic carbocycles. The molecule has 6 bridgehead atoms. The molecular weight excluding hydrogens is 564 g/mol. The second-order valence-electron chi connectivity index (χ2n) is 12.8. The molecule has 3 heterocycles. The van der Waals surface area contributed by atoms with Crippen LogP contribution < -0.4 is 4.74 Å². The van der Waals surface area contributed by atoms with E-state index in [0.717, 1.165) is 50.3 Å². The number of aryl methyl sites for hydroxylation is 6. The lowest BCUT2D eigenvalue weighted by Gasteiger charge is -2.16. The molecule has 224 valence electrons. The molecule has 0 aliphatic rings. The Morgan fingerprint density at radius 3 is 1.96 bits per heavy atom. The Kier molecular flexibility index (Phi) is 5.56. The second kappa shape index (κ2) is 9.51. The zero-order valence-corrected chi connectivity index (χ0v) is 26.9. The highest BCUT2D eigenvalue weighted by Gasteiger charge is 2.23. The number of aromatic nitrogens is 2. The number of hydrogen-bond donors (Lipinski definition) is 0. The molecule has 0 aliphatic carbocycles. The minimum absolute atomic E-state index is 0.791. The molecule has 4 nitrogen and oxygen atoms in total. The van der Waals surface area contributed by atoms with Gasteiger partial charge in [0.1, 0.15) is 22.7 Å². The van der Waals surface area contributed by atoms with Gasteiger partial charge in [0.25, 0.3) is 0 Å². The number of ether oxygens (including phenoxy) is 1. The molecule has 0 amide bonds. The van der Waals surface area contributed by atoms with Crippen LogP contribution >= 0.6 is 0 Å². The van der Waals surface area contributed by atoms with Crippen LogP contribution in [0, 0.1) is 27.7 Å². The molecule has 3 aromatic heterocycles. The van der Waals surface area contributed by atoms with Crippen LogP contribution in [0.1, 0.15) is 22.3 Å². The minimum Gasteiger partial charge on any atom is -0.457 e. The fourth-order valence-corrected chi connectivity index (χ4v) is 7.95. The Balaban J connectivity index is 1.66. The lowest BCUT2D eigenvalue weighted by molar-refractivity contribution is 0.475. The molecule has 4 heteroatoms. The lowest BCUT2D eigenvalue weighted by atomic mass is 9.96. The first kappa shape index (κ1) is 26.9. The number of fused-ring (bicyclic) bond motifs is 11.